The minimum absolute atomic E-state index is 0.579. The van der Waals surface area contributed by atoms with E-state index in [0.29, 0.717) is 10.6 Å². The van der Waals surface area contributed by atoms with Crippen molar-refractivity contribution in [1.82, 2.24) is 0 Å². The molecule has 0 amide bonds. The van der Waals surface area contributed by atoms with Crippen LogP contribution >= 0.6 is 11.6 Å². The van der Waals surface area contributed by atoms with E-state index in [4.69, 9.17) is 11.6 Å². The first-order chi connectivity index (χ1) is 9.24. The van der Waals surface area contributed by atoms with Crippen LogP contribution in [-0.2, 0) is 6.42 Å². The molecule has 0 fully saturated rings. The lowest BCUT2D eigenvalue weighted by molar-refractivity contribution is 1.14. The summed E-state index contributed by atoms with van der Waals surface area (Å²) in [6.45, 7) is 2.12. The molecule has 0 aliphatic rings. The Labute approximate surface area is 118 Å². The van der Waals surface area contributed by atoms with Gasteiger partial charge in [0.05, 0.1) is 11.6 Å². The van der Waals surface area contributed by atoms with Crippen LogP contribution in [0.5, 0.6) is 0 Å². The van der Waals surface area contributed by atoms with Crippen LogP contribution in [0.4, 0.5) is 0 Å². The van der Waals surface area contributed by atoms with Crippen LogP contribution in [0, 0.1) is 11.3 Å². The number of hydrogen-bond acceptors (Lipinski definition) is 1. The number of benzene rings is 2. The molecule has 94 valence electrons. The topological polar surface area (TPSA) is 23.8 Å². The number of nitriles is 1. The molecule has 2 aromatic carbocycles. The molecule has 1 nitrogen and oxygen atoms in total. The molecule has 0 aromatic heterocycles. The van der Waals surface area contributed by atoms with Crippen LogP contribution in [0.15, 0.2) is 48.5 Å². The number of aryl methyl sites for hydroxylation is 1. The molecule has 0 heterocycles. The lowest BCUT2D eigenvalue weighted by atomic mass is 10.0. The van der Waals surface area contributed by atoms with E-state index < -0.39 is 0 Å². The van der Waals surface area contributed by atoms with Crippen LogP contribution < -0.4 is 0 Å². The lowest BCUT2D eigenvalue weighted by Gasteiger charge is -2.03. The van der Waals surface area contributed by atoms with E-state index in [1.807, 2.05) is 36.4 Å². The van der Waals surface area contributed by atoms with Crippen LogP contribution in [0.25, 0.3) is 11.6 Å². The first-order valence-electron chi connectivity index (χ1n) is 6.20. The third-order valence-electron chi connectivity index (χ3n) is 2.98. The van der Waals surface area contributed by atoms with Crippen LogP contribution in [0.1, 0.15) is 23.6 Å². The molecule has 0 spiro atoms. The summed E-state index contributed by atoms with van der Waals surface area (Å²) in [5, 5.41) is 9.89. The van der Waals surface area contributed by atoms with Gasteiger partial charge in [-0.1, -0.05) is 61.0 Å². The summed E-state index contributed by atoms with van der Waals surface area (Å²) in [7, 11) is 0. The molecule has 0 atom stereocenters. The first-order valence-corrected chi connectivity index (χ1v) is 6.58. The number of hydrogen-bond donors (Lipinski definition) is 0. The Balaban J connectivity index is 2.39. The summed E-state index contributed by atoms with van der Waals surface area (Å²) in [6.07, 6.45) is 2.88. The number of allylic oxidation sites excluding steroid dienone is 1. The Kier molecular flexibility index (Phi) is 4.39. The van der Waals surface area contributed by atoms with Gasteiger partial charge in [0.1, 0.15) is 0 Å². The highest BCUT2D eigenvalue weighted by Crippen LogP contribution is 2.25. The standard InChI is InChI=1S/C17H14ClN/c1-2-13-7-9-14(10-8-13)11-15(12-19)16-5-3-4-6-17(16)18/h3-11H,2H2,1H3. The van der Waals surface area contributed by atoms with Gasteiger partial charge in [-0.3, -0.25) is 0 Å². The molecule has 0 aliphatic carbocycles. The lowest BCUT2D eigenvalue weighted by Crippen LogP contribution is -1.84. The van der Waals surface area contributed by atoms with Gasteiger partial charge in [-0.05, 0) is 29.7 Å². The van der Waals surface area contributed by atoms with Gasteiger partial charge in [0.15, 0.2) is 0 Å². The maximum Gasteiger partial charge on any atom is 0.0998 e. The van der Waals surface area contributed by atoms with E-state index in [1.165, 1.54) is 5.56 Å². The van der Waals surface area contributed by atoms with E-state index in [9.17, 15) is 5.26 Å². The average molecular weight is 268 g/mol. The molecule has 0 saturated heterocycles. The maximum absolute atomic E-state index is 9.29. The van der Waals surface area contributed by atoms with Crippen LogP contribution in [0.3, 0.4) is 0 Å². The second kappa shape index (κ2) is 6.22. The molecular weight excluding hydrogens is 254 g/mol. The van der Waals surface area contributed by atoms with Crippen molar-refractivity contribution in [3.05, 3.63) is 70.2 Å². The molecule has 19 heavy (non-hydrogen) atoms. The van der Waals surface area contributed by atoms with Gasteiger partial charge in [0.2, 0.25) is 0 Å². The van der Waals surface area contributed by atoms with Gasteiger partial charge in [0.25, 0.3) is 0 Å². The zero-order valence-electron chi connectivity index (χ0n) is 10.7. The fourth-order valence-electron chi connectivity index (χ4n) is 1.87. The number of rotatable bonds is 3. The molecule has 2 aromatic rings. The Morgan fingerprint density at radius 2 is 1.84 bits per heavy atom. The summed E-state index contributed by atoms with van der Waals surface area (Å²) in [5.74, 6) is 0. The van der Waals surface area contributed by atoms with E-state index in [1.54, 1.807) is 6.07 Å². The normalized spacial score (nSPS) is 11.1. The van der Waals surface area contributed by atoms with Crippen molar-refractivity contribution in [2.45, 2.75) is 13.3 Å². The number of nitrogens with zero attached hydrogens (tertiary/aromatic N) is 1. The molecule has 0 aliphatic heterocycles. The van der Waals surface area contributed by atoms with E-state index in [2.05, 4.69) is 25.1 Å². The Morgan fingerprint density at radius 1 is 1.16 bits per heavy atom. The second-order valence-corrected chi connectivity index (χ2v) is 4.65. The smallest absolute Gasteiger partial charge is 0.0998 e. The monoisotopic (exact) mass is 267 g/mol. The SMILES string of the molecule is CCc1ccc(C=C(C#N)c2ccccc2Cl)cc1. The predicted octanol–water partition coefficient (Wildman–Crippen LogP) is 4.97. The molecule has 0 N–H and O–H groups in total. The van der Waals surface area contributed by atoms with Gasteiger partial charge in [-0.2, -0.15) is 5.26 Å². The Morgan fingerprint density at radius 3 is 2.42 bits per heavy atom. The zero-order valence-corrected chi connectivity index (χ0v) is 11.5. The molecule has 2 heteroatoms. The zero-order chi connectivity index (χ0) is 13.7. The minimum Gasteiger partial charge on any atom is -0.192 e. The highest BCUT2D eigenvalue weighted by atomic mass is 35.5. The Bertz CT molecular complexity index is 633. The van der Waals surface area contributed by atoms with Gasteiger partial charge < -0.3 is 0 Å². The largest absolute Gasteiger partial charge is 0.192 e. The summed E-state index contributed by atoms with van der Waals surface area (Å²) in [6, 6.07) is 17.8. The highest BCUT2D eigenvalue weighted by molar-refractivity contribution is 6.32. The van der Waals surface area contributed by atoms with Crippen molar-refractivity contribution in [1.29, 1.82) is 5.26 Å². The van der Waals surface area contributed by atoms with Crippen molar-refractivity contribution < 1.29 is 0 Å². The van der Waals surface area contributed by atoms with Crippen LogP contribution in [0.2, 0.25) is 5.02 Å². The van der Waals surface area contributed by atoms with E-state index >= 15 is 0 Å². The van der Waals surface area contributed by atoms with Gasteiger partial charge >= 0.3 is 0 Å². The average Bonchev–Trinajstić information content (AvgIpc) is 2.46. The Hall–Kier alpha value is -2.04. The first kappa shape index (κ1) is 13.4. The van der Waals surface area contributed by atoms with Crippen molar-refractivity contribution in [2.24, 2.45) is 0 Å². The van der Waals surface area contributed by atoms with Gasteiger partial charge in [-0.15, -0.1) is 0 Å². The predicted molar refractivity (Wildman–Crippen MR) is 80.8 cm³/mol. The third kappa shape index (κ3) is 3.24. The third-order valence-corrected chi connectivity index (χ3v) is 3.31. The molecule has 0 bridgehead atoms. The summed E-state index contributed by atoms with van der Waals surface area (Å²) >= 11 is 6.12. The molecule has 0 saturated carbocycles. The van der Waals surface area contributed by atoms with Crippen LogP contribution in [-0.4, -0.2) is 0 Å². The molecule has 0 radical (unpaired) electrons. The maximum atomic E-state index is 9.29. The fourth-order valence-corrected chi connectivity index (χ4v) is 2.10. The van der Waals surface area contributed by atoms with Gasteiger partial charge in [0, 0.05) is 10.6 Å². The van der Waals surface area contributed by atoms with Crippen molar-refractivity contribution >= 4 is 23.3 Å². The van der Waals surface area contributed by atoms with E-state index in [0.717, 1.165) is 17.5 Å². The molecular formula is C17H14ClN. The molecule has 0 unspecified atom stereocenters. The summed E-state index contributed by atoms with van der Waals surface area (Å²) in [5.41, 5.74) is 3.64. The van der Waals surface area contributed by atoms with Gasteiger partial charge in [-0.25, -0.2) is 0 Å². The number of halogens is 1. The second-order valence-electron chi connectivity index (χ2n) is 4.24. The van der Waals surface area contributed by atoms with Crippen molar-refractivity contribution in [2.75, 3.05) is 0 Å². The minimum atomic E-state index is 0.579. The fraction of sp³-hybridized carbons (Fsp3) is 0.118. The van der Waals surface area contributed by atoms with Crippen molar-refractivity contribution in [3.8, 4) is 6.07 Å². The quantitative estimate of drug-likeness (QED) is 0.569. The highest BCUT2D eigenvalue weighted by Gasteiger charge is 2.05. The van der Waals surface area contributed by atoms with Crippen molar-refractivity contribution in [3.63, 3.8) is 0 Å². The van der Waals surface area contributed by atoms with E-state index in [-0.39, 0.29) is 0 Å². The summed E-state index contributed by atoms with van der Waals surface area (Å²) in [4.78, 5) is 0. The molecule has 2 rings (SSSR count). The summed E-state index contributed by atoms with van der Waals surface area (Å²) < 4.78 is 0.